The van der Waals surface area contributed by atoms with Crippen LogP contribution in [0.1, 0.15) is 37.2 Å². The summed E-state index contributed by atoms with van der Waals surface area (Å²) in [6.07, 6.45) is 4.85. The zero-order valence-electron chi connectivity index (χ0n) is 8.95. The van der Waals surface area contributed by atoms with Crippen LogP contribution in [0.2, 0.25) is 0 Å². The first-order valence-corrected chi connectivity index (χ1v) is 5.72. The van der Waals surface area contributed by atoms with Crippen LogP contribution in [0.3, 0.4) is 0 Å². The van der Waals surface area contributed by atoms with E-state index in [1.165, 1.54) is 25.7 Å². The van der Waals surface area contributed by atoms with Gasteiger partial charge in [-0.3, -0.25) is 4.39 Å². The largest absolute Gasteiger partial charge is 0.399 e. The number of hydrogen-bond donors (Lipinski definition) is 1. The summed E-state index contributed by atoms with van der Waals surface area (Å²) in [5.74, 6) is 0.591. The Labute approximate surface area is 90.5 Å². The molecule has 1 atom stereocenters. The number of rotatable bonds is 3. The Morgan fingerprint density at radius 2 is 2.07 bits per heavy atom. The van der Waals surface area contributed by atoms with Crippen LogP contribution in [0.15, 0.2) is 24.3 Å². The lowest BCUT2D eigenvalue weighted by Crippen LogP contribution is -2.12. The van der Waals surface area contributed by atoms with E-state index < -0.39 is 0 Å². The Hall–Kier alpha value is -1.05. The Bertz CT molecular complexity index is 318. The van der Waals surface area contributed by atoms with Crippen molar-refractivity contribution in [1.82, 2.24) is 0 Å². The molecule has 1 aromatic rings. The lowest BCUT2D eigenvalue weighted by atomic mass is 9.86. The van der Waals surface area contributed by atoms with Crippen LogP contribution in [-0.4, -0.2) is 6.67 Å². The first-order chi connectivity index (χ1) is 7.31. The molecule has 0 radical (unpaired) electrons. The minimum atomic E-state index is -0.256. The fourth-order valence-electron chi connectivity index (χ4n) is 2.64. The van der Waals surface area contributed by atoms with Crippen molar-refractivity contribution in [2.75, 3.05) is 12.4 Å². The molecule has 0 saturated heterocycles. The molecule has 15 heavy (non-hydrogen) atoms. The highest BCUT2D eigenvalue weighted by Crippen LogP contribution is 2.37. The van der Waals surface area contributed by atoms with Crippen LogP contribution in [0.5, 0.6) is 0 Å². The van der Waals surface area contributed by atoms with E-state index in [0.717, 1.165) is 11.3 Å². The van der Waals surface area contributed by atoms with Gasteiger partial charge in [0.1, 0.15) is 0 Å². The zero-order chi connectivity index (χ0) is 10.7. The molecular formula is C13H18FN. The van der Waals surface area contributed by atoms with Crippen molar-refractivity contribution in [2.45, 2.75) is 31.6 Å². The first kappa shape index (κ1) is 10.5. The van der Waals surface area contributed by atoms with E-state index in [2.05, 4.69) is 0 Å². The van der Waals surface area contributed by atoms with Crippen molar-refractivity contribution in [1.29, 1.82) is 0 Å². The van der Waals surface area contributed by atoms with Gasteiger partial charge in [-0.1, -0.05) is 25.0 Å². The Balaban J connectivity index is 2.18. The number of hydrogen-bond acceptors (Lipinski definition) is 1. The van der Waals surface area contributed by atoms with Gasteiger partial charge in [0.15, 0.2) is 0 Å². The zero-order valence-corrected chi connectivity index (χ0v) is 8.95. The SMILES string of the molecule is Nc1cccc(C(CF)C2CCCC2)c1. The first-order valence-electron chi connectivity index (χ1n) is 5.72. The van der Waals surface area contributed by atoms with Gasteiger partial charge in [-0.15, -0.1) is 0 Å². The van der Waals surface area contributed by atoms with E-state index in [9.17, 15) is 4.39 Å². The van der Waals surface area contributed by atoms with Crippen molar-refractivity contribution in [3.8, 4) is 0 Å². The van der Waals surface area contributed by atoms with Crippen molar-refractivity contribution in [3.05, 3.63) is 29.8 Å². The lowest BCUT2D eigenvalue weighted by Gasteiger charge is -2.20. The van der Waals surface area contributed by atoms with Gasteiger partial charge in [0.05, 0.1) is 6.67 Å². The maximum absolute atomic E-state index is 13.1. The molecule has 1 fully saturated rings. The van der Waals surface area contributed by atoms with Gasteiger partial charge in [-0.2, -0.15) is 0 Å². The van der Waals surface area contributed by atoms with E-state index in [0.29, 0.717) is 5.92 Å². The van der Waals surface area contributed by atoms with Gasteiger partial charge in [-0.25, -0.2) is 0 Å². The summed E-state index contributed by atoms with van der Waals surface area (Å²) in [5, 5.41) is 0. The predicted molar refractivity (Wildman–Crippen MR) is 61.5 cm³/mol. The molecule has 0 aromatic heterocycles. The Kier molecular flexibility index (Phi) is 3.24. The molecule has 0 aliphatic heterocycles. The molecule has 2 rings (SSSR count). The van der Waals surface area contributed by atoms with E-state index >= 15 is 0 Å². The van der Waals surface area contributed by atoms with Crippen molar-refractivity contribution < 1.29 is 4.39 Å². The molecule has 1 aromatic carbocycles. The summed E-state index contributed by atoms with van der Waals surface area (Å²) in [4.78, 5) is 0. The van der Waals surface area contributed by atoms with E-state index in [1.54, 1.807) is 0 Å². The maximum atomic E-state index is 13.1. The highest BCUT2D eigenvalue weighted by molar-refractivity contribution is 5.42. The Morgan fingerprint density at radius 3 is 2.67 bits per heavy atom. The number of halogens is 1. The van der Waals surface area contributed by atoms with Gasteiger partial charge in [0.25, 0.3) is 0 Å². The summed E-state index contributed by atoms with van der Waals surface area (Å²) in [7, 11) is 0. The summed E-state index contributed by atoms with van der Waals surface area (Å²) >= 11 is 0. The average molecular weight is 207 g/mol. The number of alkyl halides is 1. The summed E-state index contributed by atoms with van der Waals surface area (Å²) in [6, 6.07) is 7.69. The van der Waals surface area contributed by atoms with Crippen LogP contribution >= 0.6 is 0 Å². The second kappa shape index (κ2) is 4.65. The molecule has 0 heterocycles. The molecule has 1 saturated carbocycles. The van der Waals surface area contributed by atoms with Crippen LogP contribution < -0.4 is 5.73 Å². The third-order valence-corrected chi connectivity index (χ3v) is 3.47. The van der Waals surface area contributed by atoms with E-state index in [4.69, 9.17) is 5.73 Å². The standard InChI is InChI=1S/C13H18FN/c14-9-13(10-4-1-2-5-10)11-6-3-7-12(15)8-11/h3,6-8,10,13H,1-2,4-5,9,15H2. The molecule has 1 unspecified atom stereocenters. The molecule has 1 nitrogen and oxygen atoms in total. The fourth-order valence-corrected chi connectivity index (χ4v) is 2.64. The quantitative estimate of drug-likeness (QED) is 0.754. The second-order valence-electron chi connectivity index (χ2n) is 4.48. The minimum absolute atomic E-state index is 0.0657. The fraction of sp³-hybridized carbons (Fsp3) is 0.538. The molecule has 0 amide bonds. The second-order valence-corrected chi connectivity index (χ2v) is 4.48. The van der Waals surface area contributed by atoms with Crippen molar-refractivity contribution in [3.63, 3.8) is 0 Å². The number of benzene rings is 1. The third-order valence-electron chi connectivity index (χ3n) is 3.47. The number of nitrogens with two attached hydrogens (primary N) is 1. The lowest BCUT2D eigenvalue weighted by molar-refractivity contribution is 0.337. The van der Waals surface area contributed by atoms with Crippen LogP contribution in [0.25, 0.3) is 0 Å². The monoisotopic (exact) mass is 207 g/mol. The number of nitrogen functional groups attached to an aromatic ring is 1. The van der Waals surface area contributed by atoms with Gasteiger partial charge in [0, 0.05) is 11.6 Å². The molecule has 0 spiro atoms. The van der Waals surface area contributed by atoms with Gasteiger partial charge in [0.2, 0.25) is 0 Å². The summed E-state index contributed by atoms with van der Waals surface area (Å²) in [5.41, 5.74) is 7.54. The third kappa shape index (κ3) is 2.31. The van der Waals surface area contributed by atoms with Crippen LogP contribution in [-0.2, 0) is 0 Å². The average Bonchev–Trinajstić information content (AvgIpc) is 2.72. The predicted octanol–water partition coefficient (Wildman–Crippen LogP) is 3.51. The molecule has 2 heteroatoms. The normalized spacial score (nSPS) is 19.3. The highest BCUT2D eigenvalue weighted by Gasteiger charge is 2.26. The van der Waals surface area contributed by atoms with Gasteiger partial charge < -0.3 is 5.73 Å². The van der Waals surface area contributed by atoms with E-state index in [-0.39, 0.29) is 12.6 Å². The molecule has 82 valence electrons. The molecule has 1 aliphatic rings. The molecular weight excluding hydrogens is 189 g/mol. The number of anilines is 1. The molecule has 1 aliphatic carbocycles. The summed E-state index contributed by atoms with van der Waals surface area (Å²) < 4.78 is 13.1. The van der Waals surface area contributed by atoms with Crippen LogP contribution in [0.4, 0.5) is 10.1 Å². The Morgan fingerprint density at radius 1 is 1.33 bits per heavy atom. The van der Waals surface area contributed by atoms with Crippen molar-refractivity contribution in [2.24, 2.45) is 5.92 Å². The summed E-state index contributed by atoms with van der Waals surface area (Å²) in [6.45, 7) is -0.256. The molecule has 2 N–H and O–H groups in total. The minimum Gasteiger partial charge on any atom is -0.399 e. The highest BCUT2D eigenvalue weighted by atomic mass is 19.1. The van der Waals surface area contributed by atoms with Gasteiger partial charge >= 0.3 is 0 Å². The topological polar surface area (TPSA) is 26.0 Å². The van der Waals surface area contributed by atoms with Crippen molar-refractivity contribution >= 4 is 5.69 Å². The molecule has 0 bridgehead atoms. The van der Waals surface area contributed by atoms with E-state index in [1.807, 2.05) is 24.3 Å². The maximum Gasteiger partial charge on any atom is 0.0965 e. The van der Waals surface area contributed by atoms with Gasteiger partial charge in [-0.05, 0) is 36.5 Å². The smallest absolute Gasteiger partial charge is 0.0965 e. The van der Waals surface area contributed by atoms with Crippen LogP contribution in [0, 0.1) is 5.92 Å².